The van der Waals surface area contributed by atoms with E-state index in [2.05, 4.69) is 15.4 Å². The molecule has 0 bridgehead atoms. The van der Waals surface area contributed by atoms with Crippen molar-refractivity contribution in [3.63, 3.8) is 0 Å². The lowest BCUT2D eigenvalue weighted by atomic mass is 10.0. The topological polar surface area (TPSA) is 84.5 Å². The summed E-state index contributed by atoms with van der Waals surface area (Å²) in [5, 5.41) is 5.46. The lowest BCUT2D eigenvalue weighted by Gasteiger charge is -2.36. The van der Waals surface area contributed by atoms with Crippen molar-refractivity contribution in [3.8, 4) is 0 Å². The number of hydrogen-bond donors (Lipinski definition) is 2. The molecule has 1 aromatic carbocycles. The van der Waals surface area contributed by atoms with Gasteiger partial charge in [-0.05, 0) is 5.56 Å². The number of ether oxygens (including phenoxy) is 1. The van der Waals surface area contributed by atoms with Crippen LogP contribution in [0.5, 0.6) is 0 Å². The molecule has 0 radical (unpaired) electrons. The Labute approximate surface area is 133 Å². The van der Waals surface area contributed by atoms with Gasteiger partial charge in [-0.3, -0.25) is 14.4 Å². The van der Waals surface area contributed by atoms with E-state index in [9.17, 15) is 14.4 Å². The standard InChI is InChI=1S/C15H18N2O4S/c1-21-13(19)9-22-8-11-14(15(20)16-11)17-12(18)7-10-5-3-2-4-6-10/h2-6,11,14H,7-9H2,1H3,(H,16,20)(H,17,18)/t11-,14?/m0/s1. The Morgan fingerprint density at radius 2 is 2.05 bits per heavy atom. The summed E-state index contributed by atoms with van der Waals surface area (Å²) in [4.78, 5) is 34.5. The number of nitrogens with one attached hydrogen (secondary N) is 2. The first-order chi connectivity index (χ1) is 10.6. The summed E-state index contributed by atoms with van der Waals surface area (Å²) in [6.45, 7) is 0. The summed E-state index contributed by atoms with van der Waals surface area (Å²) >= 11 is 1.37. The van der Waals surface area contributed by atoms with Gasteiger partial charge >= 0.3 is 5.97 Å². The first-order valence-electron chi connectivity index (χ1n) is 6.88. The Morgan fingerprint density at radius 3 is 2.68 bits per heavy atom. The third-order valence-electron chi connectivity index (χ3n) is 3.28. The second-order valence-corrected chi connectivity index (χ2v) is 5.94. The number of β-lactam (4-membered cyclic amide) rings is 1. The molecular weight excluding hydrogens is 304 g/mol. The summed E-state index contributed by atoms with van der Waals surface area (Å²) in [6.07, 6.45) is 0.243. The molecule has 2 rings (SSSR count). The molecule has 1 heterocycles. The number of carbonyl (C=O) groups is 3. The predicted octanol–water partition coefficient (Wildman–Crippen LogP) is 0.119. The number of esters is 1. The van der Waals surface area contributed by atoms with Crippen molar-refractivity contribution in [2.24, 2.45) is 0 Å². The molecule has 1 aliphatic rings. The van der Waals surface area contributed by atoms with Crippen LogP contribution in [0, 0.1) is 0 Å². The Bertz CT molecular complexity index is 550. The summed E-state index contributed by atoms with van der Waals surface area (Å²) in [5.74, 6) is 0.101. The van der Waals surface area contributed by atoms with Crippen LogP contribution in [0.1, 0.15) is 5.56 Å². The Balaban J connectivity index is 1.76. The molecule has 2 amide bonds. The molecular formula is C15H18N2O4S. The van der Waals surface area contributed by atoms with E-state index in [1.54, 1.807) is 0 Å². The normalized spacial score (nSPS) is 19.8. The zero-order valence-corrected chi connectivity index (χ0v) is 13.0. The molecule has 1 fully saturated rings. The average Bonchev–Trinajstić information content (AvgIpc) is 2.52. The van der Waals surface area contributed by atoms with E-state index >= 15 is 0 Å². The largest absolute Gasteiger partial charge is 0.468 e. The highest BCUT2D eigenvalue weighted by atomic mass is 32.2. The number of methoxy groups -OCH3 is 1. The fourth-order valence-corrected chi connectivity index (χ4v) is 3.01. The van der Waals surface area contributed by atoms with Crippen molar-refractivity contribution in [3.05, 3.63) is 35.9 Å². The number of hydrogen-bond acceptors (Lipinski definition) is 5. The van der Waals surface area contributed by atoms with Crippen LogP contribution in [0.25, 0.3) is 0 Å². The van der Waals surface area contributed by atoms with Gasteiger partial charge in [0.05, 0.1) is 25.3 Å². The first kappa shape index (κ1) is 16.4. The van der Waals surface area contributed by atoms with Crippen LogP contribution in [0.3, 0.4) is 0 Å². The molecule has 2 N–H and O–H groups in total. The Morgan fingerprint density at radius 1 is 1.32 bits per heavy atom. The van der Waals surface area contributed by atoms with Crippen LogP contribution in [-0.2, 0) is 25.5 Å². The van der Waals surface area contributed by atoms with Gasteiger partial charge < -0.3 is 15.4 Å². The van der Waals surface area contributed by atoms with Gasteiger partial charge in [0.1, 0.15) is 6.04 Å². The SMILES string of the molecule is COC(=O)CSC[C@@H]1NC(=O)C1NC(=O)Cc1ccccc1. The Kier molecular flexibility index (Phi) is 5.83. The fraction of sp³-hybridized carbons (Fsp3) is 0.400. The molecule has 0 aromatic heterocycles. The van der Waals surface area contributed by atoms with Crippen molar-refractivity contribution >= 4 is 29.5 Å². The molecule has 7 heteroatoms. The van der Waals surface area contributed by atoms with Gasteiger partial charge in [0.15, 0.2) is 0 Å². The summed E-state index contributed by atoms with van der Waals surface area (Å²) in [7, 11) is 1.33. The third kappa shape index (κ3) is 4.49. The maximum atomic E-state index is 12.0. The molecule has 22 heavy (non-hydrogen) atoms. The van der Waals surface area contributed by atoms with Crippen LogP contribution in [0.2, 0.25) is 0 Å². The third-order valence-corrected chi connectivity index (χ3v) is 4.32. The maximum Gasteiger partial charge on any atom is 0.315 e. The van der Waals surface area contributed by atoms with Crippen LogP contribution < -0.4 is 10.6 Å². The molecule has 118 valence electrons. The smallest absolute Gasteiger partial charge is 0.315 e. The zero-order chi connectivity index (χ0) is 15.9. The van der Waals surface area contributed by atoms with Crippen molar-refractivity contribution in [2.75, 3.05) is 18.6 Å². The highest BCUT2D eigenvalue weighted by molar-refractivity contribution is 7.99. The molecule has 1 saturated heterocycles. The van der Waals surface area contributed by atoms with E-state index in [4.69, 9.17) is 0 Å². The molecule has 6 nitrogen and oxygen atoms in total. The van der Waals surface area contributed by atoms with Gasteiger partial charge in [0.25, 0.3) is 0 Å². The number of thioether (sulfide) groups is 1. The van der Waals surface area contributed by atoms with Gasteiger partial charge in [0, 0.05) is 5.75 Å². The van der Waals surface area contributed by atoms with Gasteiger partial charge in [-0.15, -0.1) is 11.8 Å². The van der Waals surface area contributed by atoms with Crippen molar-refractivity contribution in [1.82, 2.24) is 10.6 Å². The fourth-order valence-electron chi connectivity index (χ4n) is 2.08. The number of carbonyl (C=O) groups excluding carboxylic acids is 3. The molecule has 1 aromatic rings. The second-order valence-electron chi connectivity index (χ2n) is 4.91. The van der Waals surface area contributed by atoms with Gasteiger partial charge in [-0.25, -0.2) is 0 Å². The van der Waals surface area contributed by atoms with E-state index in [1.165, 1.54) is 18.9 Å². The van der Waals surface area contributed by atoms with Crippen molar-refractivity contribution in [1.29, 1.82) is 0 Å². The van der Waals surface area contributed by atoms with E-state index in [0.29, 0.717) is 5.75 Å². The second kappa shape index (κ2) is 7.84. The maximum absolute atomic E-state index is 12.0. The molecule has 1 aliphatic heterocycles. The van der Waals surface area contributed by atoms with Gasteiger partial charge in [0.2, 0.25) is 11.8 Å². The Hall–Kier alpha value is -2.02. The van der Waals surface area contributed by atoms with E-state index in [0.717, 1.165) is 5.56 Å². The minimum atomic E-state index is -0.527. The molecule has 0 aliphatic carbocycles. The van der Waals surface area contributed by atoms with Crippen LogP contribution >= 0.6 is 11.8 Å². The van der Waals surface area contributed by atoms with Crippen LogP contribution in [-0.4, -0.2) is 48.5 Å². The predicted molar refractivity (Wildman–Crippen MR) is 83.3 cm³/mol. The van der Waals surface area contributed by atoms with E-state index < -0.39 is 6.04 Å². The molecule has 2 atom stereocenters. The summed E-state index contributed by atoms with van der Waals surface area (Å²) in [5.41, 5.74) is 0.899. The van der Waals surface area contributed by atoms with Crippen LogP contribution in [0.15, 0.2) is 30.3 Å². The monoisotopic (exact) mass is 322 g/mol. The average molecular weight is 322 g/mol. The molecule has 1 unspecified atom stereocenters. The number of benzene rings is 1. The highest BCUT2D eigenvalue weighted by Crippen LogP contribution is 2.14. The van der Waals surface area contributed by atoms with E-state index in [1.807, 2.05) is 30.3 Å². The lowest BCUT2D eigenvalue weighted by Crippen LogP contribution is -2.70. The number of rotatable bonds is 7. The zero-order valence-electron chi connectivity index (χ0n) is 12.2. The van der Waals surface area contributed by atoms with E-state index in [-0.39, 0.29) is 36.0 Å². The quantitative estimate of drug-likeness (QED) is 0.550. The summed E-state index contributed by atoms with van der Waals surface area (Å²) in [6, 6.07) is 8.67. The number of amides is 2. The summed E-state index contributed by atoms with van der Waals surface area (Å²) < 4.78 is 4.55. The van der Waals surface area contributed by atoms with Gasteiger partial charge in [-0.1, -0.05) is 30.3 Å². The lowest BCUT2D eigenvalue weighted by molar-refractivity contribution is -0.137. The highest BCUT2D eigenvalue weighted by Gasteiger charge is 2.39. The molecule has 0 spiro atoms. The van der Waals surface area contributed by atoms with Gasteiger partial charge in [-0.2, -0.15) is 0 Å². The van der Waals surface area contributed by atoms with Crippen molar-refractivity contribution < 1.29 is 19.1 Å². The van der Waals surface area contributed by atoms with Crippen LogP contribution in [0.4, 0.5) is 0 Å². The molecule has 0 saturated carbocycles. The minimum Gasteiger partial charge on any atom is -0.468 e. The minimum absolute atomic E-state index is 0.151. The first-order valence-corrected chi connectivity index (χ1v) is 8.04. The van der Waals surface area contributed by atoms with Crippen molar-refractivity contribution in [2.45, 2.75) is 18.5 Å².